The Kier molecular flexibility index (Phi) is 32.4. The van der Waals surface area contributed by atoms with E-state index in [1.807, 2.05) is 0 Å². The number of aromatic hydroxyl groups is 1. The Morgan fingerprint density at radius 3 is 1.45 bits per heavy atom. The van der Waals surface area contributed by atoms with Crippen molar-refractivity contribution in [2.75, 3.05) is 26.3 Å². The molecule has 0 aliphatic rings. The SMILES string of the molecule is C[C@H](NC(=O)[C@@H](NC(=O)[C@H](CO)NC(=O)[C@H](CC(N)=O)NC(=O)[C@@H](N)CCCCN)[C@@H](C)O)C(=O)N[C@@H](CCC(N)=O)C(=O)N[C@@H](Cc1ccc(O)cc1)C(=O)N[C@@H](CO)C(=O)N[C@@H](CCCN=C(N)N)C(=O)N[C@@H](CCC(N)=O)C(=O)O. The number of amides is 12. The van der Waals surface area contributed by atoms with Gasteiger partial charge in [-0.15, -0.1) is 0 Å². The smallest absolute Gasteiger partial charge is 0.326 e. The van der Waals surface area contributed by atoms with E-state index in [2.05, 4.69) is 52.8 Å². The Labute approximate surface area is 475 Å². The van der Waals surface area contributed by atoms with Crippen molar-refractivity contribution in [3.8, 4) is 5.75 Å². The quantitative estimate of drug-likeness (QED) is 0.0165. The molecule has 0 bridgehead atoms. The first kappa shape index (κ1) is 72.2. The molecule has 464 valence electrons. The van der Waals surface area contributed by atoms with E-state index in [1.54, 1.807) is 0 Å². The molecule has 12 amide bonds. The van der Waals surface area contributed by atoms with E-state index in [9.17, 15) is 87.9 Å². The van der Waals surface area contributed by atoms with E-state index in [4.69, 9.17) is 40.1 Å². The maximum atomic E-state index is 14.1. The van der Waals surface area contributed by atoms with Crippen LogP contribution in [0.25, 0.3) is 0 Å². The number of hydrogen-bond acceptors (Lipinski definition) is 20. The number of phenols is 1. The van der Waals surface area contributed by atoms with Crippen LogP contribution in [0.15, 0.2) is 29.3 Å². The highest BCUT2D eigenvalue weighted by molar-refractivity contribution is 5.99. The summed E-state index contributed by atoms with van der Waals surface area (Å²) >= 11 is 0. The van der Waals surface area contributed by atoms with Gasteiger partial charge in [-0.2, -0.15) is 0 Å². The van der Waals surface area contributed by atoms with Gasteiger partial charge in [-0.3, -0.25) is 62.5 Å². The number of primary amides is 3. The second-order valence-corrected chi connectivity index (χ2v) is 19.0. The Morgan fingerprint density at radius 2 is 0.952 bits per heavy atom. The van der Waals surface area contributed by atoms with E-state index in [0.29, 0.717) is 19.4 Å². The molecule has 1 aromatic rings. The van der Waals surface area contributed by atoms with Crippen molar-refractivity contribution in [1.29, 1.82) is 0 Å². The third-order valence-corrected chi connectivity index (χ3v) is 12.0. The number of benzene rings is 1. The van der Waals surface area contributed by atoms with Crippen LogP contribution in [0.2, 0.25) is 0 Å². The number of carboxylic acid groups (broad SMARTS) is 1. The Hall–Kier alpha value is -8.80. The molecule has 0 saturated carbocycles. The number of aliphatic hydroxyl groups is 3. The van der Waals surface area contributed by atoms with E-state index in [-0.39, 0.29) is 43.1 Å². The first-order valence-electron chi connectivity index (χ1n) is 25.9. The summed E-state index contributed by atoms with van der Waals surface area (Å²) in [5, 5.41) is 70.6. The second kappa shape index (κ2) is 37.3. The molecule has 0 unspecified atom stereocenters. The van der Waals surface area contributed by atoms with Crippen molar-refractivity contribution >= 4 is 82.8 Å². The fourth-order valence-corrected chi connectivity index (χ4v) is 7.35. The number of aliphatic hydroxyl groups excluding tert-OH is 3. The summed E-state index contributed by atoms with van der Waals surface area (Å²) in [6.45, 7) is 0.135. The Morgan fingerprint density at radius 1 is 0.506 bits per heavy atom. The monoisotopic (exact) mass is 1180 g/mol. The van der Waals surface area contributed by atoms with Crippen LogP contribution in [0.5, 0.6) is 5.75 Å². The van der Waals surface area contributed by atoms with E-state index >= 15 is 0 Å². The first-order valence-corrected chi connectivity index (χ1v) is 25.9. The molecule has 0 heterocycles. The number of aliphatic carboxylic acids is 1. The van der Waals surface area contributed by atoms with Crippen LogP contribution < -0.4 is 88.0 Å². The molecule has 0 aliphatic heterocycles. The number of carbonyl (C=O) groups is 13. The van der Waals surface area contributed by atoms with Gasteiger partial charge < -0.3 is 114 Å². The molecule has 1 rings (SSSR count). The zero-order chi connectivity index (χ0) is 63.1. The van der Waals surface area contributed by atoms with Crippen molar-refractivity contribution in [3.63, 3.8) is 0 Å². The Balaban J connectivity index is 3.41. The van der Waals surface area contributed by atoms with Gasteiger partial charge in [-0.25, -0.2) is 4.79 Å². The molecule has 0 fully saturated rings. The topological polar surface area (TPSA) is 626 Å². The highest BCUT2D eigenvalue weighted by Crippen LogP contribution is 2.13. The van der Waals surface area contributed by atoms with Gasteiger partial charge in [-0.05, 0) is 76.6 Å². The van der Waals surface area contributed by atoms with Gasteiger partial charge in [0, 0.05) is 25.8 Å². The molecule has 35 nitrogen and oxygen atoms in total. The fraction of sp³-hybridized carbons (Fsp3) is 0.583. The van der Waals surface area contributed by atoms with Crippen LogP contribution in [-0.2, 0) is 68.7 Å². The van der Waals surface area contributed by atoms with E-state index < -0.39 is 195 Å². The number of rotatable bonds is 40. The molecule has 28 N–H and O–H groups in total. The van der Waals surface area contributed by atoms with Gasteiger partial charge in [0.05, 0.1) is 31.8 Å². The molecular weight excluding hydrogens is 1100 g/mol. The first-order chi connectivity index (χ1) is 38.9. The standard InChI is InChI=1S/C48H79N17O18/c1-22(57-46(81)37(23(2)68)65-45(80)33(21-67)64-43(78)31(19-36(53)72)61-39(74)26(50)6-3-4-16-49)38(73)58-28(12-14-34(51)70)41(76)62-30(18-24-8-10-25(69)11-9-24)42(77)63-32(20-66)44(79)59-27(7-5-17-56-48(54)55)40(75)60-29(47(82)83)13-15-35(52)71/h8-11,22-23,26-33,37,66-69H,3-7,12-21,49-50H2,1-2H3,(H2,51,70)(H2,52,71)(H2,53,72)(H,57,81)(H,58,73)(H,59,79)(H,60,75)(H,61,74)(H,62,76)(H,63,77)(H,64,78)(H,65,80)(H,82,83)(H4,54,55,56)/t22-,23+,26-,27-,28-,29-,30-,31-,32-,33-,37-/m0/s1. The molecule has 0 saturated heterocycles. The highest BCUT2D eigenvalue weighted by atomic mass is 16.4. The third-order valence-electron chi connectivity index (χ3n) is 12.0. The number of nitrogens with zero attached hydrogens (tertiary/aromatic N) is 1. The summed E-state index contributed by atoms with van der Waals surface area (Å²) in [4.78, 5) is 172. The second-order valence-electron chi connectivity index (χ2n) is 19.0. The normalized spacial score (nSPS) is 14.9. The molecule has 83 heavy (non-hydrogen) atoms. The molecule has 0 radical (unpaired) electrons. The predicted molar refractivity (Wildman–Crippen MR) is 290 cm³/mol. The van der Waals surface area contributed by atoms with Crippen molar-refractivity contribution < 1.29 is 87.9 Å². The maximum absolute atomic E-state index is 14.1. The molecule has 0 aromatic heterocycles. The number of phenolic OH excluding ortho intramolecular Hbond substituents is 1. The summed E-state index contributed by atoms with van der Waals surface area (Å²) in [6, 6.07) is -11.6. The lowest BCUT2D eigenvalue weighted by atomic mass is 10.0. The number of unbranched alkanes of at least 4 members (excludes halogenated alkanes) is 1. The van der Waals surface area contributed by atoms with Crippen molar-refractivity contribution in [1.82, 2.24) is 47.9 Å². The molecular formula is C48H79N17O18. The number of guanidine groups is 1. The minimum atomic E-state index is -1.92. The number of carboxylic acids is 1. The van der Waals surface area contributed by atoms with Crippen LogP contribution in [0, 0.1) is 0 Å². The van der Waals surface area contributed by atoms with Crippen LogP contribution >= 0.6 is 0 Å². The van der Waals surface area contributed by atoms with E-state index in [0.717, 1.165) is 13.8 Å². The van der Waals surface area contributed by atoms with Gasteiger partial charge in [0.15, 0.2) is 5.96 Å². The highest BCUT2D eigenvalue weighted by Gasteiger charge is 2.36. The molecule has 11 atom stereocenters. The van der Waals surface area contributed by atoms with Crippen LogP contribution in [0.4, 0.5) is 0 Å². The fourth-order valence-electron chi connectivity index (χ4n) is 7.35. The lowest BCUT2D eigenvalue weighted by molar-refractivity contribution is -0.142. The third kappa shape index (κ3) is 28.0. The average molecular weight is 1180 g/mol. The zero-order valence-corrected chi connectivity index (χ0v) is 45.8. The predicted octanol–water partition coefficient (Wildman–Crippen LogP) is -10.3. The van der Waals surface area contributed by atoms with Gasteiger partial charge in [-0.1, -0.05) is 18.6 Å². The molecule has 0 spiro atoms. The summed E-state index contributed by atoms with van der Waals surface area (Å²) in [5.74, 6) is -15.2. The van der Waals surface area contributed by atoms with Gasteiger partial charge in [0.2, 0.25) is 70.9 Å². The number of hydrogen-bond donors (Lipinski definition) is 21. The van der Waals surface area contributed by atoms with Crippen LogP contribution in [0.1, 0.15) is 83.6 Å². The number of carbonyl (C=O) groups excluding carboxylic acids is 12. The van der Waals surface area contributed by atoms with Crippen molar-refractivity contribution in [2.24, 2.45) is 45.1 Å². The zero-order valence-electron chi connectivity index (χ0n) is 45.8. The average Bonchev–Trinajstić information content (AvgIpc) is 3.42. The number of nitrogens with one attached hydrogen (secondary N) is 9. The van der Waals surface area contributed by atoms with E-state index in [1.165, 1.54) is 24.3 Å². The molecule has 1 aromatic carbocycles. The molecule has 35 heteroatoms. The summed E-state index contributed by atoms with van der Waals surface area (Å²) in [6.07, 6.45) is -3.94. The number of aliphatic imine (C=N–C) groups is 1. The van der Waals surface area contributed by atoms with Gasteiger partial charge >= 0.3 is 5.97 Å². The lowest BCUT2D eigenvalue weighted by Crippen LogP contribution is -2.62. The summed E-state index contributed by atoms with van der Waals surface area (Å²) in [5.41, 5.74) is 38.1. The Bertz CT molecular complexity index is 2450. The van der Waals surface area contributed by atoms with Gasteiger partial charge in [0.25, 0.3) is 0 Å². The van der Waals surface area contributed by atoms with Crippen molar-refractivity contribution in [2.45, 2.75) is 151 Å². The van der Waals surface area contributed by atoms with Crippen molar-refractivity contribution in [3.05, 3.63) is 29.8 Å². The minimum Gasteiger partial charge on any atom is -0.508 e. The summed E-state index contributed by atoms with van der Waals surface area (Å²) < 4.78 is 0. The summed E-state index contributed by atoms with van der Waals surface area (Å²) in [7, 11) is 0. The van der Waals surface area contributed by atoms with Gasteiger partial charge in [0.1, 0.15) is 60.1 Å². The minimum absolute atomic E-state index is 0.0151. The van der Waals surface area contributed by atoms with Crippen LogP contribution in [0.3, 0.4) is 0 Å². The molecule has 0 aliphatic carbocycles. The van der Waals surface area contributed by atoms with Crippen LogP contribution in [-0.4, -0.2) is 201 Å². The maximum Gasteiger partial charge on any atom is 0.326 e. The largest absolute Gasteiger partial charge is 0.508 e. The number of nitrogens with two attached hydrogens (primary N) is 7. The lowest BCUT2D eigenvalue weighted by Gasteiger charge is -2.27.